The second kappa shape index (κ2) is 6.43. The van der Waals surface area contributed by atoms with E-state index in [4.69, 9.17) is 20.9 Å². The van der Waals surface area contributed by atoms with E-state index in [0.29, 0.717) is 16.7 Å². The molecule has 21 heavy (non-hydrogen) atoms. The summed E-state index contributed by atoms with van der Waals surface area (Å²) in [6, 6.07) is 7.31. The van der Waals surface area contributed by atoms with Crippen LogP contribution in [0.25, 0.3) is 0 Å². The Kier molecular flexibility index (Phi) is 4.38. The zero-order valence-corrected chi connectivity index (χ0v) is 12.5. The highest BCUT2D eigenvalue weighted by molar-refractivity contribution is 6.30. The maximum absolute atomic E-state index is 5.82. The Morgan fingerprint density at radius 1 is 1.43 bits per heavy atom. The zero-order chi connectivity index (χ0) is 14.7. The lowest BCUT2D eigenvalue weighted by molar-refractivity contribution is 0.189. The smallest absolute Gasteiger partial charge is 0.264 e. The standard InChI is InChI=1S/C14H17ClN4O2/c1-19-7-6-16-8-12(19)14-17-13(21-18-14)9-20-11-4-2-10(15)3-5-11/h2-5,12,16H,6-9H2,1H3. The third-order valence-electron chi connectivity index (χ3n) is 3.47. The number of ether oxygens (including phenoxy) is 1. The summed E-state index contributed by atoms with van der Waals surface area (Å²) in [5.74, 6) is 1.88. The van der Waals surface area contributed by atoms with Gasteiger partial charge in [0.2, 0.25) is 0 Å². The quantitative estimate of drug-likeness (QED) is 0.930. The first-order valence-electron chi connectivity index (χ1n) is 6.84. The summed E-state index contributed by atoms with van der Waals surface area (Å²) in [5.41, 5.74) is 0. The van der Waals surface area contributed by atoms with Crippen LogP contribution in [0.3, 0.4) is 0 Å². The second-order valence-corrected chi connectivity index (χ2v) is 5.43. The van der Waals surface area contributed by atoms with Crippen LogP contribution in [-0.2, 0) is 6.61 Å². The van der Waals surface area contributed by atoms with Gasteiger partial charge >= 0.3 is 0 Å². The van der Waals surface area contributed by atoms with Crippen molar-refractivity contribution in [2.75, 3.05) is 26.7 Å². The van der Waals surface area contributed by atoms with Crippen molar-refractivity contribution in [2.24, 2.45) is 0 Å². The maximum Gasteiger partial charge on any atom is 0.264 e. The SMILES string of the molecule is CN1CCNCC1c1noc(COc2ccc(Cl)cc2)n1. The first-order chi connectivity index (χ1) is 10.2. The largest absolute Gasteiger partial charge is 0.484 e. The fourth-order valence-corrected chi connectivity index (χ4v) is 2.36. The van der Waals surface area contributed by atoms with E-state index in [2.05, 4.69) is 27.4 Å². The van der Waals surface area contributed by atoms with Crippen LogP contribution in [0.5, 0.6) is 5.75 Å². The molecule has 1 aliphatic heterocycles. The van der Waals surface area contributed by atoms with Gasteiger partial charge in [-0.1, -0.05) is 16.8 Å². The van der Waals surface area contributed by atoms with Gasteiger partial charge in [-0.05, 0) is 31.3 Å². The fraction of sp³-hybridized carbons (Fsp3) is 0.429. The van der Waals surface area contributed by atoms with Gasteiger partial charge in [0.1, 0.15) is 5.75 Å². The van der Waals surface area contributed by atoms with E-state index in [-0.39, 0.29) is 12.6 Å². The average molecular weight is 309 g/mol. The molecule has 7 heteroatoms. The van der Waals surface area contributed by atoms with Gasteiger partial charge in [0, 0.05) is 24.7 Å². The molecule has 112 valence electrons. The Hall–Kier alpha value is -1.63. The fourth-order valence-electron chi connectivity index (χ4n) is 2.23. The molecule has 1 fully saturated rings. The van der Waals surface area contributed by atoms with Gasteiger partial charge in [-0.25, -0.2) is 0 Å². The number of nitrogens with one attached hydrogen (secondary N) is 1. The molecule has 0 spiro atoms. The van der Waals surface area contributed by atoms with Crippen LogP contribution in [0.2, 0.25) is 5.02 Å². The molecule has 1 N–H and O–H groups in total. The lowest BCUT2D eigenvalue weighted by atomic mass is 10.2. The highest BCUT2D eigenvalue weighted by Gasteiger charge is 2.25. The molecule has 2 heterocycles. The van der Waals surface area contributed by atoms with Crippen LogP contribution in [0.1, 0.15) is 17.8 Å². The number of benzene rings is 1. The van der Waals surface area contributed by atoms with Crippen LogP contribution < -0.4 is 10.1 Å². The normalized spacial score (nSPS) is 19.6. The number of likely N-dealkylation sites (N-methyl/N-ethyl adjacent to an activating group) is 1. The van der Waals surface area contributed by atoms with Gasteiger partial charge in [-0.15, -0.1) is 0 Å². The molecule has 0 saturated carbocycles. The third kappa shape index (κ3) is 3.53. The lowest BCUT2D eigenvalue weighted by Gasteiger charge is -2.30. The van der Waals surface area contributed by atoms with Crippen LogP contribution >= 0.6 is 11.6 Å². The number of hydrogen-bond donors (Lipinski definition) is 1. The number of hydrogen-bond acceptors (Lipinski definition) is 6. The van der Waals surface area contributed by atoms with Crippen molar-refractivity contribution in [3.05, 3.63) is 41.0 Å². The molecule has 1 aliphatic rings. The topological polar surface area (TPSA) is 63.4 Å². The van der Waals surface area contributed by atoms with E-state index in [9.17, 15) is 0 Å². The van der Waals surface area contributed by atoms with Gasteiger partial charge in [0.25, 0.3) is 5.89 Å². The molecule has 0 radical (unpaired) electrons. The van der Waals surface area contributed by atoms with E-state index in [1.54, 1.807) is 24.3 Å². The minimum Gasteiger partial charge on any atom is -0.484 e. The number of halogens is 1. The predicted octanol–water partition coefficient (Wildman–Crippen LogP) is 1.88. The Morgan fingerprint density at radius 2 is 2.24 bits per heavy atom. The summed E-state index contributed by atoms with van der Waals surface area (Å²) in [7, 11) is 2.06. The van der Waals surface area contributed by atoms with Crippen molar-refractivity contribution >= 4 is 11.6 Å². The zero-order valence-electron chi connectivity index (χ0n) is 11.8. The summed E-state index contributed by atoms with van der Waals surface area (Å²) >= 11 is 5.82. The summed E-state index contributed by atoms with van der Waals surface area (Å²) in [6.45, 7) is 3.03. The van der Waals surface area contributed by atoms with E-state index in [1.165, 1.54) is 0 Å². The van der Waals surface area contributed by atoms with Gasteiger partial charge in [-0.2, -0.15) is 4.98 Å². The maximum atomic E-state index is 5.82. The van der Waals surface area contributed by atoms with E-state index < -0.39 is 0 Å². The monoisotopic (exact) mass is 308 g/mol. The molecule has 1 aromatic heterocycles. The summed E-state index contributed by atoms with van der Waals surface area (Å²) in [5, 5.41) is 8.05. The van der Waals surface area contributed by atoms with E-state index >= 15 is 0 Å². The van der Waals surface area contributed by atoms with Crippen molar-refractivity contribution in [3.8, 4) is 5.75 Å². The van der Waals surface area contributed by atoms with Crippen LogP contribution in [-0.4, -0.2) is 41.7 Å². The second-order valence-electron chi connectivity index (χ2n) is 4.99. The Bertz CT molecular complexity index is 587. The molecule has 0 aliphatic carbocycles. The molecular weight excluding hydrogens is 292 g/mol. The predicted molar refractivity (Wildman–Crippen MR) is 78.3 cm³/mol. The summed E-state index contributed by atoms with van der Waals surface area (Å²) in [4.78, 5) is 6.62. The van der Waals surface area contributed by atoms with Crippen molar-refractivity contribution in [1.82, 2.24) is 20.4 Å². The molecule has 0 amide bonds. The summed E-state index contributed by atoms with van der Waals surface area (Å²) < 4.78 is 10.8. The number of piperazine rings is 1. The van der Waals surface area contributed by atoms with Crippen LogP contribution in [0, 0.1) is 0 Å². The first kappa shape index (κ1) is 14.3. The lowest BCUT2D eigenvalue weighted by Crippen LogP contribution is -2.44. The number of aromatic nitrogens is 2. The van der Waals surface area contributed by atoms with Gasteiger partial charge in [0.05, 0.1) is 6.04 Å². The van der Waals surface area contributed by atoms with Crippen LogP contribution in [0.15, 0.2) is 28.8 Å². The summed E-state index contributed by atoms with van der Waals surface area (Å²) in [6.07, 6.45) is 0. The molecule has 0 bridgehead atoms. The Balaban J connectivity index is 1.61. The molecule has 1 saturated heterocycles. The van der Waals surface area contributed by atoms with Crippen molar-refractivity contribution in [2.45, 2.75) is 12.6 Å². The number of rotatable bonds is 4. The van der Waals surface area contributed by atoms with Crippen LogP contribution in [0.4, 0.5) is 0 Å². The molecule has 1 unspecified atom stereocenters. The van der Waals surface area contributed by atoms with Crippen molar-refractivity contribution in [3.63, 3.8) is 0 Å². The first-order valence-corrected chi connectivity index (χ1v) is 7.22. The van der Waals surface area contributed by atoms with E-state index in [1.807, 2.05) is 0 Å². The Labute approximate surface area is 128 Å². The minimum absolute atomic E-state index is 0.145. The molecule has 6 nitrogen and oxygen atoms in total. The molecule has 1 atom stereocenters. The highest BCUT2D eigenvalue weighted by atomic mass is 35.5. The average Bonchev–Trinajstić information content (AvgIpc) is 2.96. The molecule has 1 aromatic carbocycles. The van der Waals surface area contributed by atoms with Gasteiger partial charge in [-0.3, -0.25) is 4.90 Å². The van der Waals surface area contributed by atoms with Crippen molar-refractivity contribution in [1.29, 1.82) is 0 Å². The minimum atomic E-state index is 0.145. The van der Waals surface area contributed by atoms with Gasteiger partial charge < -0.3 is 14.6 Å². The van der Waals surface area contributed by atoms with Gasteiger partial charge in [0.15, 0.2) is 12.4 Å². The molecular formula is C14H17ClN4O2. The van der Waals surface area contributed by atoms with Crippen molar-refractivity contribution < 1.29 is 9.26 Å². The number of nitrogens with zero attached hydrogens (tertiary/aromatic N) is 3. The van der Waals surface area contributed by atoms with E-state index in [0.717, 1.165) is 25.4 Å². The Morgan fingerprint density at radius 3 is 3.00 bits per heavy atom. The molecule has 2 aromatic rings. The third-order valence-corrected chi connectivity index (χ3v) is 3.72. The highest BCUT2D eigenvalue weighted by Crippen LogP contribution is 2.19. The molecule has 3 rings (SSSR count).